The third kappa shape index (κ3) is 1.73. The Hall–Kier alpha value is -0.0200. The average Bonchev–Trinajstić information content (AvgIpc) is 1.95. The molecule has 0 heterocycles. The predicted octanol–water partition coefficient (Wildman–Crippen LogP) is 3.25. The van der Waals surface area contributed by atoms with Gasteiger partial charge in [-0.25, -0.2) is 0 Å². The number of hydrogen-bond acceptors (Lipinski definition) is 1. The van der Waals surface area contributed by atoms with Gasteiger partial charge in [0.05, 0.1) is 0 Å². The second kappa shape index (κ2) is 3.39. The summed E-state index contributed by atoms with van der Waals surface area (Å²) in [6.07, 6.45) is 0. The highest BCUT2D eigenvalue weighted by Crippen LogP contribution is 2.25. The Bertz CT molecular complexity index is 235. The third-order valence-corrected chi connectivity index (χ3v) is 3.09. The van der Waals surface area contributed by atoms with E-state index in [0.717, 1.165) is 14.6 Å². The first-order valence-corrected chi connectivity index (χ1v) is 4.45. The van der Waals surface area contributed by atoms with Gasteiger partial charge in [-0.05, 0) is 50.1 Å². The van der Waals surface area contributed by atoms with Gasteiger partial charge in [-0.2, -0.15) is 0 Å². The van der Waals surface area contributed by atoms with Crippen LogP contribution in [0.15, 0.2) is 27.1 Å². The quantitative estimate of drug-likeness (QED) is 0.821. The molecule has 0 bridgehead atoms. The lowest BCUT2D eigenvalue weighted by molar-refractivity contribution is 1.48. The molecule has 0 fully saturated rings. The van der Waals surface area contributed by atoms with Gasteiger partial charge in [0.2, 0.25) is 0 Å². The van der Waals surface area contributed by atoms with E-state index in [1.54, 1.807) is 0 Å². The van der Waals surface area contributed by atoms with Crippen LogP contribution in [0.5, 0.6) is 0 Å². The Morgan fingerprint density at radius 2 is 1.90 bits per heavy atom. The first-order valence-electron chi connectivity index (χ1n) is 2.87. The Morgan fingerprint density at radius 3 is 2.40 bits per heavy atom. The van der Waals surface area contributed by atoms with Crippen LogP contribution in [0.1, 0.15) is 0 Å². The maximum Gasteiger partial charge on any atom is 0.0349 e. The highest BCUT2D eigenvalue weighted by atomic mass is 79.9. The maximum atomic E-state index is 3.40. The lowest BCUT2D eigenvalue weighted by Gasteiger charge is -2.00. The summed E-state index contributed by atoms with van der Waals surface area (Å²) in [4.78, 5) is 0. The lowest BCUT2D eigenvalue weighted by atomic mass is 10.3. The standard InChI is InChI=1S/C7H7Br2N/c1-10-5-2-3-6(8)7(9)4-5/h2-4,10H,1H3. The SMILES string of the molecule is CNc1ccc(Br)c(Br)c1. The Kier molecular flexibility index (Phi) is 2.74. The van der Waals surface area contributed by atoms with Crippen LogP contribution in [0.2, 0.25) is 0 Å². The van der Waals surface area contributed by atoms with Crippen molar-refractivity contribution in [3.05, 3.63) is 27.1 Å². The summed E-state index contributed by atoms with van der Waals surface area (Å²) in [6.45, 7) is 0. The molecule has 0 unspecified atom stereocenters. The summed E-state index contributed by atoms with van der Waals surface area (Å²) in [5.74, 6) is 0. The molecule has 0 aromatic heterocycles. The average molecular weight is 265 g/mol. The van der Waals surface area contributed by atoms with Gasteiger partial charge in [0.1, 0.15) is 0 Å². The summed E-state index contributed by atoms with van der Waals surface area (Å²) >= 11 is 6.78. The van der Waals surface area contributed by atoms with E-state index in [2.05, 4.69) is 37.2 Å². The zero-order chi connectivity index (χ0) is 7.56. The minimum Gasteiger partial charge on any atom is -0.388 e. The van der Waals surface area contributed by atoms with E-state index in [-0.39, 0.29) is 0 Å². The molecule has 10 heavy (non-hydrogen) atoms. The molecular formula is C7H7Br2N. The van der Waals surface area contributed by atoms with Crippen LogP contribution in [0.3, 0.4) is 0 Å². The van der Waals surface area contributed by atoms with Crippen LogP contribution < -0.4 is 5.32 Å². The molecule has 0 radical (unpaired) electrons. The zero-order valence-corrected chi connectivity index (χ0v) is 8.66. The van der Waals surface area contributed by atoms with Gasteiger partial charge < -0.3 is 5.32 Å². The minimum absolute atomic E-state index is 1.07. The molecule has 0 aliphatic heterocycles. The van der Waals surface area contributed by atoms with Gasteiger partial charge >= 0.3 is 0 Å². The van der Waals surface area contributed by atoms with Crippen LogP contribution in [0.25, 0.3) is 0 Å². The molecule has 0 aliphatic rings. The molecule has 1 aromatic rings. The van der Waals surface area contributed by atoms with E-state index in [4.69, 9.17) is 0 Å². The van der Waals surface area contributed by atoms with Crippen molar-refractivity contribution < 1.29 is 0 Å². The number of anilines is 1. The normalized spacial score (nSPS) is 9.50. The molecule has 0 spiro atoms. The number of rotatable bonds is 1. The van der Waals surface area contributed by atoms with Crippen molar-refractivity contribution in [1.82, 2.24) is 0 Å². The van der Waals surface area contributed by atoms with E-state index in [1.165, 1.54) is 0 Å². The molecule has 3 heteroatoms. The number of nitrogens with one attached hydrogen (secondary N) is 1. The van der Waals surface area contributed by atoms with Crippen molar-refractivity contribution in [1.29, 1.82) is 0 Å². The van der Waals surface area contributed by atoms with Crippen LogP contribution in [-0.4, -0.2) is 7.05 Å². The summed E-state index contributed by atoms with van der Waals surface area (Å²) in [5.41, 5.74) is 1.11. The second-order valence-electron chi connectivity index (χ2n) is 1.88. The highest BCUT2D eigenvalue weighted by Gasteiger charge is 1.94. The molecule has 0 saturated heterocycles. The van der Waals surface area contributed by atoms with Crippen molar-refractivity contribution in [2.75, 3.05) is 12.4 Å². The summed E-state index contributed by atoms with van der Waals surface area (Å²) in [5, 5.41) is 3.04. The van der Waals surface area contributed by atoms with Crippen LogP contribution in [0, 0.1) is 0 Å². The van der Waals surface area contributed by atoms with Crippen LogP contribution in [-0.2, 0) is 0 Å². The molecule has 1 rings (SSSR count). The second-order valence-corrected chi connectivity index (χ2v) is 3.59. The van der Waals surface area contributed by atoms with E-state index in [1.807, 2.05) is 25.2 Å². The van der Waals surface area contributed by atoms with Gasteiger partial charge in [0.15, 0.2) is 0 Å². The fourth-order valence-corrected chi connectivity index (χ4v) is 1.28. The summed E-state index contributed by atoms with van der Waals surface area (Å²) < 4.78 is 2.14. The predicted molar refractivity (Wildman–Crippen MR) is 51.4 cm³/mol. The fraction of sp³-hybridized carbons (Fsp3) is 0.143. The largest absolute Gasteiger partial charge is 0.388 e. The molecule has 0 saturated carbocycles. The molecule has 54 valence electrons. The zero-order valence-electron chi connectivity index (χ0n) is 5.49. The number of halogens is 2. The van der Waals surface area contributed by atoms with Crippen molar-refractivity contribution in [2.45, 2.75) is 0 Å². The van der Waals surface area contributed by atoms with Crippen LogP contribution in [0.4, 0.5) is 5.69 Å². The van der Waals surface area contributed by atoms with Crippen molar-refractivity contribution in [3.63, 3.8) is 0 Å². The Morgan fingerprint density at radius 1 is 1.20 bits per heavy atom. The van der Waals surface area contributed by atoms with E-state index in [0.29, 0.717) is 0 Å². The molecule has 0 atom stereocenters. The molecule has 0 aliphatic carbocycles. The smallest absolute Gasteiger partial charge is 0.0349 e. The number of hydrogen-bond donors (Lipinski definition) is 1. The van der Waals surface area contributed by atoms with Gasteiger partial charge in [-0.1, -0.05) is 0 Å². The van der Waals surface area contributed by atoms with E-state index < -0.39 is 0 Å². The molecule has 1 N–H and O–H groups in total. The van der Waals surface area contributed by atoms with Crippen LogP contribution >= 0.6 is 31.9 Å². The fourth-order valence-electron chi connectivity index (χ4n) is 0.652. The minimum atomic E-state index is 1.07. The van der Waals surface area contributed by atoms with Gasteiger partial charge in [0, 0.05) is 21.7 Å². The first kappa shape index (κ1) is 8.08. The monoisotopic (exact) mass is 263 g/mol. The molecule has 1 aromatic carbocycles. The Labute approximate surface area is 77.1 Å². The topological polar surface area (TPSA) is 12.0 Å². The molecule has 0 amide bonds. The summed E-state index contributed by atoms with van der Waals surface area (Å²) in [6, 6.07) is 6.02. The first-order chi connectivity index (χ1) is 4.74. The third-order valence-electron chi connectivity index (χ3n) is 1.21. The molecule has 1 nitrogen and oxygen atoms in total. The lowest BCUT2D eigenvalue weighted by Crippen LogP contribution is -1.86. The van der Waals surface area contributed by atoms with E-state index in [9.17, 15) is 0 Å². The highest BCUT2D eigenvalue weighted by molar-refractivity contribution is 9.13. The maximum absolute atomic E-state index is 3.40. The number of benzene rings is 1. The Balaban J connectivity index is 3.04. The van der Waals surface area contributed by atoms with E-state index >= 15 is 0 Å². The van der Waals surface area contributed by atoms with Gasteiger partial charge in [-0.15, -0.1) is 0 Å². The molecular weight excluding hydrogens is 258 g/mol. The van der Waals surface area contributed by atoms with Crippen molar-refractivity contribution in [2.24, 2.45) is 0 Å². The van der Waals surface area contributed by atoms with Crippen molar-refractivity contribution >= 4 is 37.5 Å². The van der Waals surface area contributed by atoms with Crippen molar-refractivity contribution in [3.8, 4) is 0 Å². The van der Waals surface area contributed by atoms with Gasteiger partial charge in [0.25, 0.3) is 0 Å². The summed E-state index contributed by atoms with van der Waals surface area (Å²) in [7, 11) is 1.90. The van der Waals surface area contributed by atoms with Gasteiger partial charge in [-0.3, -0.25) is 0 Å².